The first kappa shape index (κ1) is 13.6. The average Bonchev–Trinajstić information content (AvgIpc) is 3.03. The van der Waals surface area contributed by atoms with Crippen molar-refractivity contribution in [3.8, 4) is 11.5 Å². The quantitative estimate of drug-likeness (QED) is 0.757. The number of carbonyl (C=O) groups excluding carboxylic acids is 1. The predicted octanol–water partition coefficient (Wildman–Crippen LogP) is 1.34. The zero-order chi connectivity index (χ0) is 15.8. The Morgan fingerprint density at radius 2 is 2.35 bits per heavy atom. The smallest absolute Gasteiger partial charge is 0.249 e. The summed E-state index contributed by atoms with van der Waals surface area (Å²) in [6.07, 6.45) is 6.27. The first-order chi connectivity index (χ1) is 11.2. The lowest BCUT2D eigenvalue weighted by Gasteiger charge is -1.99. The molecule has 0 saturated heterocycles. The summed E-state index contributed by atoms with van der Waals surface area (Å²) in [5.74, 6) is 0.923. The maximum atomic E-state index is 12.3. The SMILES string of the molecule is Cn1cc(C2CC2C(=O)Nc2n[nH]c(-c3ccccn3)n2)cn1. The highest BCUT2D eigenvalue weighted by molar-refractivity contribution is 5.93. The Kier molecular flexibility index (Phi) is 3.14. The van der Waals surface area contributed by atoms with Crippen LogP contribution in [0.4, 0.5) is 5.95 Å². The molecule has 23 heavy (non-hydrogen) atoms. The summed E-state index contributed by atoms with van der Waals surface area (Å²) in [5, 5.41) is 13.7. The Bertz CT molecular complexity index is 838. The number of hydrogen-bond acceptors (Lipinski definition) is 5. The highest BCUT2D eigenvalue weighted by Crippen LogP contribution is 2.47. The van der Waals surface area contributed by atoms with Crippen LogP contribution in [0.15, 0.2) is 36.8 Å². The maximum Gasteiger partial charge on any atom is 0.249 e. The Morgan fingerprint density at radius 1 is 1.43 bits per heavy atom. The van der Waals surface area contributed by atoms with E-state index in [2.05, 4.69) is 30.6 Å². The average molecular weight is 309 g/mol. The molecule has 116 valence electrons. The van der Waals surface area contributed by atoms with Gasteiger partial charge in [-0.1, -0.05) is 6.07 Å². The summed E-state index contributed by atoms with van der Waals surface area (Å²) in [5.41, 5.74) is 1.77. The van der Waals surface area contributed by atoms with Crippen LogP contribution >= 0.6 is 0 Å². The molecule has 8 nitrogen and oxygen atoms in total. The van der Waals surface area contributed by atoms with Gasteiger partial charge >= 0.3 is 0 Å². The molecule has 2 N–H and O–H groups in total. The van der Waals surface area contributed by atoms with Crippen molar-refractivity contribution in [3.05, 3.63) is 42.4 Å². The van der Waals surface area contributed by atoms with E-state index in [-0.39, 0.29) is 23.7 Å². The topological polar surface area (TPSA) is 101 Å². The number of nitrogens with zero attached hydrogens (tertiary/aromatic N) is 5. The lowest BCUT2D eigenvalue weighted by Crippen LogP contribution is -2.15. The molecule has 0 radical (unpaired) electrons. The monoisotopic (exact) mass is 309 g/mol. The molecule has 0 aliphatic heterocycles. The largest absolute Gasteiger partial charge is 0.293 e. The normalized spacial score (nSPS) is 19.5. The van der Waals surface area contributed by atoms with Crippen molar-refractivity contribution in [2.24, 2.45) is 13.0 Å². The molecule has 3 heterocycles. The summed E-state index contributed by atoms with van der Waals surface area (Å²) < 4.78 is 1.75. The molecule has 4 rings (SSSR count). The number of aromatic nitrogens is 6. The summed E-state index contributed by atoms with van der Waals surface area (Å²) in [7, 11) is 1.87. The number of carbonyl (C=O) groups is 1. The fraction of sp³-hybridized carbons (Fsp3) is 0.267. The van der Waals surface area contributed by atoms with Crippen molar-refractivity contribution < 1.29 is 4.79 Å². The molecule has 1 saturated carbocycles. The Morgan fingerprint density at radius 3 is 3.09 bits per heavy atom. The fourth-order valence-electron chi connectivity index (χ4n) is 2.62. The number of anilines is 1. The molecule has 3 aromatic rings. The van der Waals surface area contributed by atoms with E-state index in [0.717, 1.165) is 12.0 Å². The van der Waals surface area contributed by atoms with Crippen molar-refractivity contribution in [2.75, 3.05) is 5.32 Å². The van der Waals surface area contributed by atoms with E-state index in [4.69, 9.17) is 0 Å². The molecule has 1 aliphatic rings. The third-order valence-corrected chi connectivity index (χ3v) is 3.91. The van der Waals surface area contributed by atoms with Crippen LogP contribution < -0.4 is 5.32 Å². The summed E-state index contributed by atoms with van der Waals surface area (Å²) in [6, 6.07) is 5.52. The number of nitrogens with one attached hydrogen (secondary N) is 2. The van der Waals surface area contributed by atoms with Gasteiger partial charge in [0, 0.05) is 25.4 Å². The van der Waals surface area contributed by atoms with E-state index in [1.165, 1.54) is 0 Å². The van der Waals surface area contributed by atoms with Gasteiger partial charge in [0.05, 0.1) is 6.20 Å². The van der Waals surface area contributed by atoms with Crippen LogP contribution in [0.3, 0.4) is 0 Å². The minimum Gasteiger partial charge on any atom is -0.293 e. The number of rotatable bonds is 4. The molecule has 0 aromatic carbocycles. The molecule has 3 aromatic heterocycles. The molecule has 8 heteroatoms. The van der Waals surface area contributed by atoms with Crippen molar-refractivity contribution in [3.63, 3.8) is 0 Å². The summed E-state index contributed by atoms with van der Waals surface area (Å²) in [6.45, 7) is 0. The lowest BCUT2D eigenvalue weighted by atomic mass is 10.2. The summed E-state index contributed by atoms with van der Waals surface area (Å²) >= 11 is 0. The van der Waals surface area contributed by atoms with Crippen molar-refractivity contribution >= 4 is 11.9 Å². The van der Waals surface area contributed by atoms with Gasteiger partial charge < -0.3 is 0 Å². The maximum absolute atomic E-state index is 12.3. The van der Waals surface area contributed by atoms with Crippen molar-refractivity contribution in [1.82, 2.24) is 29.9 Å². The number of H-pyrrole nitrogens is 1. The van der Waals surface area contributed by atoms with Crippen LogP contribution in [-0.2, 0) is 11.8 Å². The van der Waals surface area contributed by atoms with Gasteiger partial charge in [-0.15, -0.1) is 5.10 Å². The Balaban J connectivity index is 1.41. The van der Waals surface area contributed by atoms with Crippen molar-refractivity contribution in [1.29, 1.82) is 0 Å². The second-order valence-corrected chi connectivity index (χ2v) is 5.61. The standard InChI is InChI=1S/C15H15N7O/c1-22-8-9(7-17-22)10-6-11(10)14(23)19-15-18-13(20-21-15)12-4-2-3-5-16-12/h2-5,7-8,10-11H,6H2,1H3,(H2,18,19,20,21,23). The van der Waals surface area contributed by atoms with Crippen LogP contribution in [0, 0.1) is 5.92 Å². The molecular formula is C15H15N7O. The lowest BCUT2D eigenvalue weighted by molar-refractivity contribution is -0.117. The number of amides is 1. The van der Waals surface area contributed by atoms with E-state index in [0.29, 0.717) is 11.5 Å². The molecular weight excluding hydrogens is 294 g/mol. The molecule has 1 fully saturated rings. The highest BCUT2D eigenvalue weighted by Gasteiger charge is 2.44. The van der Waals surface area contributed by atoms with Crippen LogP contribution in [0.2, 0.25) is 0 Å². The minimum absolute atomic E-state index is 0.0454. The van der Waals surface area contributed by atoms with Gasteiger partial charge in [-0.05, 0) is 30.0 Å². The summed E-state index contributed by atoms with van der Waals surface area (Å²) in [4.78, 5) is 20.7. The van der Waals surface area contributed by atoms with Gasteiger partial charge in [0.2, 0.25) is 11.9 Å². The number of pyridine rings is 1. The van der Waals surface area contributed by atoms with E-state index < -0.39 is 0 Å². The second-order valence-electron chi connectivity index (χ2n) is 5.61. The Labute approximate surface area is 132 Å². The van der Waals surface area contributed by atoms with E-state index in [1.54, 1.807) is 10.9 Å². The van der Waals surface area contributed by atoms with E-state index >= 15 is 0 Å². The van der Waals surface area contributed by atoms with Gasteiger partial charge in [0.1, 0.15) is 5.69 Å². The zero-order valence-corrected chi connectivity index (χ0v) is 12.5. The molecule has 2 atom stereocenters. The molecule has 1 amide bonds. The first-order valence-corrected chi connectivity index (χ1v) is 7.34. The van der Waals surface area contributed by atoms with E-state index in [9.17, 15) is 4.79 Å². The third-order valence-electron chi connectivity index (χ3n) is 3.91. The van der Waals surface area contributed by atoms with Gasteiger partial charge in [-0.25, -0.2) is 0 Å². The molecule has 2 unspecified atom stereocenters. The van der Waals surface area contributed by atoms with Crippen LogP contribution in [0.25, 0.3) is 11.5 Å². The van der Waals surface area contributed by atoms with Crippen LogP contribution in [-0.4, -0.2) is 35.9 Å². The molecule has 1 aliphatic carbocycles. The molecule has 0 spiro atoms. The van der Waals surface area contributed by atoms with Gasteiger partial charge in [0.25, 0.3) is 0 Å². The predicted molar refractivity (Wildman–Crippen MR) is 82.3 cm³/mol. The van der Waals surface area contributed by atoms with Gasteiger partial charge in [0.15, 0.2) is 5.82 Å². The van der Waals surface area contributed by atoms with Crippen LogP contribution in [0.1, 0.15) is 17.9 Å². The number of aryl methyl sites for hydroxylation is 1. The second kappa shape index (κ2) is 5.31. The number of hydrogen-bond donors (Lipinski definition) is 2. The third kappa shape index (κ3) is 2.70. The zero-order valence-electron chi connectivity index (χ0n) is 12.5. The number of aromatic amines is 1. The fourth-order valence-corrected chi connectivity index (χ4v) is 2.62. The molecule has 0 bridgehead atoms. The Hall–Kier alpha value is -3.03. The minimum atomic E-state index is -0.0644. The van der Waals surface area contributed by atoms with Gasteiger partial charge in [-0.2, -0.15) is 10.1 Å². The highest BCUT2D eigenvalue weighted by atomic mass is 16.2. The van der Waals surface area contributed by atoms with Crippen LogP contribution in [0.5, 0.6) is 0 Å². The van der Waals surface area contributed by atoms with E-state index in [1.807, 2.05) is 37.6 Å². The van der Waals surface area contributed by atoms with Crippen molar-refractivity contribution in [2.45, 2.75) is 12.3 Å². The van der Waals surface area contributed by atoms with Gasteiger partial charge in [-0.3, -0.25) is 24.9 Å². The first-order valence-electron chi connectivity index (χ1n) is 7.34.